The van der Waals surface area contributed by atoms with E-state index in [1.807, 2.05) is 18.4 Å². The minimum absolute atomic E-state index is 0.159. The molecule has 2 aromatic rings. The van der Waals surface area contributed by atoms with Gasteiger partial charge in [-0.25, -0.2) is 8.42 Å². The zero-order chi connectivity index (χ0) is 13.9. The average molecular weight is 315 g/mol. The van der Waals surface area contributed by atoms with Crippen LogP contribution in [0.5, 0.6) is 0 Å². The molecule has 0 aliphatic heterocycles. The normalized spacial score (nSPS) is 11.5. The zero-order valence-corrected chi connectivity index (χ0v) is 12.6. The lowest BCUT2D eigenvalue weighted by atomic mass is 10.3. The molecule has 0 bridgehead atoms. The number of benzene rings is 1. The molecule has 0 atom stereocenters. The fourth-order valence-corrected chi connectivity index (χ4v) is 4.40. The highest BCUT2D eigenvalue weighted by Gasteiger charge is 2.18. The summed E-state index contributed by atoms with van der Waals surface area (Å²) in [5, 5.41) is 10.6. The number of rotatable bonds is 5. The number of sulfonamides is 1. The first-order chi connectivity index (χ1) is 9.06. The number of thiophene rings is 1. The van der Waals surface area contributed by atoms with Crippen LogP contribution in [0.4, 0.5) is 5.69 Å². The Morgan fingerprint density at radius 1 is 1.37 bits per heavy atom. The van der Waals surface area contributed by atoms with Crippen molar-refractivity contribution in [2.24, 2.45) is 0 Å². The Labute approximate surface area is 120 Å². The van der Waals surface area contributed by atoms with E-state index in [0.717, 1.165) is 16.2 Å². The second kappa shape index (κ2) is 5.96. The van der Waals surface area contributed by atoms with Crippen LogP contribution >= 0.6 is 23.1 Å². The molecule has 102 valence electrons. The summed E-state index contributed by atoms with van der Waals surface area (Å²) in [6.07, 6.45) is 1.89. The van der Waals surface area contributed by atoms with Gasteiger partial charge in [-0.1, -0.05) is 12.1 Å². The van der Waals surface area contributed by atoms with Gasteiger partial charge in [0.1, 0.15) is 4.21 Å². The smallest absolute Gasteiger partial charge is 0.271 e. The summed E-state index contributed by atoms with van der Waals surface area (Å²) >= 11 is 2.57. The molecule has 0 aliphatic carbocycles. The molecule has 2 rings (SSSR count). The van der Waals surface area contributed by atoms with E-state index in [1.54, 1.807) is 17.5 Å². The van der Waals surface area contributed by atoms with Crippen LogP contribution < -0.4 is 4.72 Å². The quantitative estimate of drug-likeness (QED) is 0.833. The summed E-state index contributed by atoms with van der Waals surface area (Å²) in [5.74, 6) is 0. The van der Waals surface area contributed by atoms with Crippen molar-refractivity contribution in [2.45, 2.75) is 15.7 Å². The maximum Gasteiger partial charge on any atom is 0.271 e. The van der Waals surface area contributed by atoms with Crippen LogP contribution in [0.2, 0.25) is 0 Å². The fraction of sp³-hybridized carbons (Fsp3) is 0.167. The summed E-state index contributed by atoms with van der Waals surface area (Å²) < 4.78 is 27.2. The molecule has 0 amide bonds. The number of hydrogen-bond donors (Lipinski definition) is 2. The van der Waals surface area contributed by atoms with E-state index >= 15 is 0 Å². The van der Waals surface area contributed by atoms with Crippen LogP contribution in [-0.4, -0.2) is 19.8 Å². The van der Waals surface area contributed by atoms with Crippen molar-refractivity contribution in [3.63, 3.8) is 0 Å². The molecule has 7 heteroatoms. The van der Waals surface area contributed by atoms with Gasteiger partial charge >= 0.3 is 0 Å². The Balaban J connectivity index is 2.31. The lowest BCUT2D eigenvalue weighted by Crippen LogP contribution is -2.12. The Kier molecular flexibility index (Phi) is 4.51. The number of hydrogen-bond acceptors (Lipinski definition) is 5. The van der Waals surface area contributed by atoms with Crippen molar-refractivity contribution in [1.29, 1.82) is 0 Å². The Morgan fingerprint density at radius 2 is 2.11 bits per heavy atom. The maximum absolute atomic E-state index is 12.2. The lowest BCUT2D eigenvalue weighted by molar-refractivity contribution is 0.282. The van der Waals surface area contributed by atoms with Crippen LogP contribution in [0, 0.1) is 0 Å². The first kappa shape index (κ1) is 14.4. The van der Waals surface area contributed by atoms with E-state index in [2.05, 4.69) is 4.72 Å². The molecule has 19 heavy (non-hydrogen) atoms. The van der Waals surface area contributed by atoms with Crippen LogP contribution in [0.15, 0.2) is 44.8 Å². The van der Waals surface area contributed by atoms with E-state index in [1.165, 1.54) is 17.8 Å². The summed E-state index contributed by atoms with van der Waals surface area (Å²) in [5.41, 5.74) is 1.16. The topological polar surface area (TPSA) is 66.4 Å². The average Bonchev–Trinajstić information content (AvgIpc) is 2.88. The second-order valence-electron chi connectivity index (χ2n) is 3.74. The van der Waals surface area contributed by atoms with Crippen molar-refractivity contribution in [3.05, 3.63) is 41.3 Å². The van der Waals surface area contributed by atoms with Crippen LogP contribution in [0.1, 0.15) is 5.56 Å². The van der Waals surface area contributed by atoms with E-state index in [0.29, 0.717) is 11.3 Å². The highest BCUT2D eigenvalue weighted by molar-refractivity contribution is 7.99. The van der Waals surface area contributed by atoms with Gasteiger partial charge in [0.15, 0.2) is 0 Å². The number of nitrogens with one attached hydrogen (secondary N) is 1. The molecule has 4 nitrogen and oxygen atoms in total. The van der Waals surface area contributed by atoms with Gasteiger partial charge in [-0.2, -0.15) is 0 Å². The third-order valence-electron chi connectivity index (χ3n) is 2.43. The first-order valence-corrected chi connectivity index (χ1v) is 8.99. The third-order valence-corrected chi connectivity index (χ3v) is 6.08. The zero-order valence-electron chi connectivity index (χ0n) is 10.2. The van der Waals surface area contributed by atoms with Gasteiger partial charge in [0.2, 0.25) is 0 Å². The maximum atomic E-state index is 12.2. The van der Waals surface area contributed by atoms with Crippen molar-refractivity contribution in [1.82, 2.24) is 0 Å². The van der Waals surface area contributed by atoms with E-state index in [4.69, 9.17) is 5.11 Å². The molecule has 0 saturated heterocycles. The molecular formula is C12H13NO3S3. The molecule has 1 aromatic heterocycles. The summed E-state index contributed by atoms with van der Waals surface area (Å²) in [6, 6.07) is 8.71. The minimum atomic E-state index is -3.59. The van der Waals surface area contributed by atoms with Crippen molar-refractivity contribution >= 4 is 38.8 Å². The molecule has 0 aliphatic rings. The van der Waals surface area contributed by atoms with Crippen LogP contribution in [-0.2, 0) is 16.6 Å². The molecule has 1 heterocycles. The third kappa shape index (κ3) is 3.30. The molecule has 0 unspecified atom stereocenters. The Morgan fingerprint density at radius 3 is 2.74 bits per heavy atom. The van der Waals surface area contributed by atoms with Gasteiger partial charge in [0.05, 0.1) is 12.3 Å². The molecule has 1 aromatic carbocycles. The number of anilines is 1. The SMILES string of the molecule is CSc1ccccc1NS(=O)(=O)c1cc(CO)cs1. The second-order valence-corrected chi connectivity index (χ2v) is 7.41. The summed E-state index contributed by atoms with van der Waals surface area (Å²) in [4.78, 5) is 0.866. The molecule has 0 radical (unpaired) electrons. The van der Waals surface area contributed by atoms with Gasteiger partial charge < -0.3 is 5.11 Å². The van der Waals surface area contributed by atoms with E-state index in [-0.39, 0.29) is 10.8 Å². The highest BCUT2D eigenvalue weighted by atomic mass is 32.2. The molecule has 0 fully saturated rings. The van der Waals surface area contributed by atoms with Gasteiger partial charge in [-0.05, 0) is 35.4 Å². The van der Waals surface area contributed by atoms with E-state index in [9.17, 15) is 8.42 Å². The standard InChI is InChI=1S/C12H13NO3S3/c1-17-11-5-3-2-4-10(11)13-19(15,16)12-6-9(7-14)8-18-12/h2-6,8,13-14H,7H2,1H3. The van der Waals surface area contributed by atoms with Crippen molar-refractivity contribution < 1.29 is 13.5 Å². The summed E-state index contributed by atoms with van der Waals surface area (Å²) in [7, 11) is -3.59. The molecule has 2 N–H and O–H groups in total. The van der Waals surface area contributed by atoms with Gasteiger partial charge in [-0.3, -0.25) is 4.72 Å². The highest BCUT2D eigenvalue weighted by Crippen LogP contribution is 2.28. The van der Waals surface area contributed by atoms with Gasteiger partial charge in [-0.15, -0.1) is 23.1 Å². The molecule has 0 saturated carbocycles. The van der Waals surface area contributed by atoms with Gasteiger partial charge in [0.25, 0.3) is 10.0 Å². The molecular weight excluding hydrogens is 302 g/mol. The largest absolute Gasteiger partial charge is 0.392 e. The Hall–Kier alpha value is -1.02. The lowest BCUT2D eigenvalue weighted by Gasteiger charge is -2.09. The molecule has 0 spiro atoms. The summed E-state index contributed by atoms with van der Waals surface area (Å²) in [6.45, 7) is -0.159. The number of aliphatic hydroxyl groups excluding tert-OH is 1. The van der Waals surface area contributed by atoms with Crippen LogP contribution in [0.25, 0.3) is 0 Å². The first-order valence-electron chi connectivity index (χ1n) is 5.41. The van der Waals surface area contributed by atoms with Crippen molar-refractivity contribution in [3.8, 4) is 0 Å². The predicted molar refractivity (Wildman–Crippen MR) is 79.3 cm³/mol. The predicted octanol–water partition coefficient (Wildman–Crippen LogP) is 2.76. The van der Waals surface area contributed by atoms with Gasteiger partial charge in [0, 0.05) is 4.90 Å². The van der Waals surface area contributed by atoms with Crippen molar-refractivity contribution in [2.75, 3.05) is 11.0 Å². The fourth-order valence-electron chi connectivity index (χ4n) is 1.50. The van der Waals surface area contributed by atoms with Crippen LogP contribution in [0.3, 0.4) is 0 Å². The number of aliphatic hydroxyl groups is 1. The monoisotopic (exact) mass is 315 g/mol. The Bertz CT molecular complexity index is 664. The number of para-hydroxylation sites is 1. The number of thioether (sulfide) groups is 1. The minimum Gasteiger partial charge on any atom is -0.392 e. The van der Waals surface area contributed by atoms with E-state index < -0.39 is 10.0 Å².